The van der Waals surface area contributed by atoms with Gasteiger partial charge in [0.25, 0.3) is 5.56 Å². The lowest BCUT2D eigenvalue weighted by Gasteiger charge is -2.24. The van der Waals surface area contributed by atoms with Crippen LogP contribution in [-0.2, 0) is 5.75 Å². The lowest BCUT2D eigenvalue weighted by Crippen LogP contribution is -2.15. The molecule has 3 aromatic heterocycles. The smallest absolute Gasteiger partial charge is 0.259 e. The molecule has 6 nitrogen and oxygen atoms in total. The Morgan fingerprint density at radius 1 is 1.19 bits per heavy atom. The molecule has 3 heterocycles. The lowest BCUT2D eigenvalue weighted by atomic mass is 9.95. The number of aromatic amines is 1. The second kappa shape index (κ2) is 7.15. The van der Waals surface area contributed by atoms with E-state index in [1.54, 1.807) is 23.1 Å². The van der Waals surface area contributed by atoms with E-state index in [-0.39, 0.29) is 5.56 Å². The van der Waals surface area contributed by atoms with Crippen LogP contribution < -0.4 is 5.56 Å². The van der Waals surface area contributed by atoms with Crippen LogP contribution in [0.1, 0.15) is 60.2 Å². The van der Waals surface area contributed by atoms with E-state index in [0.717, 1.165) is 31.6 Å². The number of aromatic nitrogens is 5. The molecule has 3 aromatic rings. The van der Waals surface area contributed by atoms with Gasteiger partial charge in [0.2, 0.25) is 0 Å². The summed E-state index contributed by atoms with van der Waals surface area (Å²) < 4.78 is 2.28. The summed E-state index contributed by atoms with van der Waals surface area (Å²) in [4.78, 5) is 22.0. The maximum Gasteiger partial charge on any atom is 0.259 e. The van der Waals surface area contributed by atoms with E-state index < -0.39 is 0 Å². The van der Waals surface area contributed by atoms with Gasteiger partial charge in [-0.1, -0.05) is 31.0 Å². The van der Waals surface area contributed by atoms with Crippen molar-refractivity contribution in [3.63, 3.8) is 0 Å². The highest BCUT2D eigenvalue weighted by Gasteiger charge is 2.21. The molecule has 8 heteroatoms. The maximum absolute atomic E-state index is 12.4. The fourth-order valence-electron chi connectivity index (χ4n) is 3.71. The predicted molar refractivity (Wildman–Crippen MR) is 106 cm³/mol. The fourth-order valence-corrected chi connectivity index (χ4v) is 5.68. The number of nitrogens with zero attached hydrogens (tertiary/aromatic N) is 4. The van der Waals surface area contributed by atoms with Gasteiger partial charge in [-0.2, -0.15) is 0 Å². The van der Waals surface area contributed by atoms with Crippen molar-refractivity contribution >= 4 is 33.3 Å². The zero-order valence-electron chi connectivity index (χ0n) is 15.3. The Labute approximate surface area is 160 Å². The molecule has 0 saturated heterocycles. The summed E-state index contributed by atoms with van der Waals surface area (Å²) in [6.45, 7) is 6.04. The van der Waals surface area contributed by atoms with Crippen molar-refractivity contribution in [1.82, 2.24) is 24.7 Å². The van der Waals surface area contributed by atoms with Crippen LogP contribution in [0.15, 0.2) is 9.95 Å². The highest BCUT2D eigenvalue weighted by molar-refractivity contribution is 7.98. The van der Waals surface area contributed by atoms with Crippen molar-refractivity contribution in [2.24, 2.45) is 0 Å². The van der Waals surface area contributed by atoms with Crippen LogP contribution in [0.4, 0.5) is 0 Å². The molecule has 26 heavy (non-hydrogen) atoms. The molecule has 1 aliphatic carbocycles. The van der Waals surface area contributed by atoms with E-state index >= 15 is 0 Å². The molecule has 138 valence electrons. The predicted octanol–water partition coefficient (Wildman–Crippen LogP) is 4.30. The zero-order chi connectivity index (χ0) is 18.3. The van der Waals surface area contributed by atoms with E-state index in [2.05, 4.69) is 24.7 Å². The summed E-state index contributed by atoms with van der Waals surface area (Å²) in [5, 5.41) is 10.3. The number of hydrogen-bond donors (Lipinski definition) is 1. The molecule has 1 saturated carbocycles. The fraction of sp³-hybridized carbons (Fsp3) is 0.556. The largest absolute Gasteiger partial charge is 0.309 e. The average molecular weight is 390 g/mol. The molecule has 0 radical (unpaired) electrons. The van der Waals surface area contributed by atoms with Crippen molar-refractivity contribution < 1.29 is 0 Å². The van der Waals surface area contributed by atoms with Crippen molar-refractivity contribution in [3.8, 4) is 0 Å². The van der Waals surface area contributed by atoms with Gasteiger partial charge >= 0.3 is 0 Å². The molecular weight excluding hydrogens is 366 g/mol. The van der Waals surface area contributed by atoms with E-state index in [1.165, 1.54) is 32.1 Å². The standard InChI is InChI=1S/C18H23N5OS2/c1-10-11(2)26-17-15(10)16(24)19-14(20-17)9-25-18-22-21-12(3)23(18)13-7-5-4-6-8-13/h13H,4-9H2,1-3H3,(H,19,20,24). The first-order valence-electron chi connectivity index (χ1n) is 9.08. The minimum absolute atomic E-state index is 0.0441. The summed E-state index contributed by atoms with van der Waals surface area (Å²) >= 11 is 3.19. The van der Waals surface area contributed by atoms with E-state index in [4.69, 9.17) is 0 Å². The van der Waals surface area contributed by atoms with Gasteiger partial charge in [-0.05, 0) is 39.2 Å². The van der Waals surface area contributed by atoms with Gasteiger partial charge in [-0.25, -0.2) is 4.98 Å². The molecule has 0 unspecified atom stereocenters. The SMILES string of the molecule is Cc1sc2nc(CSc3nnc(C)n3C3CCCCC3)[nH]c(=O)c2c1C. The first-order chi connectivity index (χ1) is 12.5. The molecule has 0 bridgehead atoms. The van der Waals surface area contributed by atoms with Gasteiger partial charge in [0.1, 0.15) is 16.5 Å². The first-order valence-corrected chi connectivity index (χ1v) is 10.9. The summed E-state index contributed by atoms with van der Waals surface area (Å²) in [7, 11) is 0. The summed E-state index contributed by atoms with van der Waals surface area (Å²) in [6.07, 6.45) is 6.26. The Morgan fingerprint density at radius 3 is 2.73 bits per heavy atom. The minimum Gasteiger partial charge on any atom is -0.309 e. The van der Waals surface area contributed by atoms with Crippen molar-refractivity contribution in [1.29, 1.82) is 0 Å². The Kier molecular flexibility index (Phi) is 4.88. The second-order valence-corrected chi connectivity index (χ2v) is 9.10. The highest BCUT2D eigenvalue weighted by Crippen LogP contribution is 2.33. The maximum atomic E-state index is 12.4. The quantitative estimate of drug-likeness (QED) is 0.673. The van der Waals surface area contributed by atoms with Gasteiger partial charge in [0, 0.05) is 10.9 Å². The number of thioether (sulfide) groups is 1. The van der Waals surface area contributed by atoms with Crippen LogP contribution in [0.3, 0.4) is 0 Å². The number of nitrogens with one attached hydrogen (secondary N) is 1. The van der Waals surface area contributed by atoms with Gasteiger partial charge in [-0.3, -0.25) is 4.79 Å². The molecular formula is C18H23N5OS2. The highest BCUT2D eigenvalue weighted by atomic mass is 32.2. The number of aryl methyl sites for hydroxylation is 3. The summed E-state index contributed by atoms with van der Waals surface area (Å²) in [6, 6.07) is 0.498. The van der Waals surface area contributed by atoms with Gasteiger partial charge in [0.05, 0.1) is 11.1 Å². The van der Waals surface area contributed by atoms with Crippen LogP contribution in [0.5, 0.6) is 0 Å². The molecule has 0 aromatic carbocycles. The van der Waals surface area contributed by atoms with Crippen LogP contribution in [0.25, 0.3) is 10.2 Å². The number of thiophene rings is 1. The normalized spacial score (nSPS) is 15.8. The molecule has 1 fully saturated rings. The third-order valence-corrected chi connectivity index (χ3v) is 7.26. The van der Waals surface area contributed by atoms with Crippen LogP contribution >= 0.6 is 23.1 Å². The Balaban J connectivity index is 1.58. The topological polar surface area (TPSA) is 76.5 Å². The number of fused-ring (bicyclic) bond motifs is 1. The van der Waals surface area contributed by atoms with Gasteiger partial charge in [0.15, 0.2) is 5.16 Å². The molecule has 1 aliphatic rings. The van der Waals surface area contributed by atoms with Crippen molar-refractivity contribution in [3.05, 3.63) is 32.4 Å². The third-order valence-electron chi connectivity index (χ3n) is 5.20. The van der Waals surface area contributed by atoms with Crippen LogP contribution in [0, 0.1) is 20.8 Å². The molecule has 0 amide bonds. The lowest BCUT2D eigenvalue weighted by molar-refractivity contribution is 0.332. The van der Waals surface area contributed by atoms with Gasteiger partial charge in [-0.15, -0.1) is 21.5 Å². The number of H-pyrrole nitrogens is 1. The molecule has 4 rings (SSSR count). The van der Waals surface area contributed by atoms with Crippen molar-refractivity contribution in [2.75, 3.05) is 0 Å². The van der Waals surface area contributed by atoms with E-state index in [1.807, 2.05) is 20.8 Å². The molecule has 0 spiro atoms. The molecule has 0 aliphatic heterocycles. The molecule has 1 N–H and O–H groups in total. The number of hydrogen-bond acceptors (Lipinski definition) is 6. The van der Waals surface area contributed by atoms with Crippen LogP contribution in [0.2, 0.25) is 0 Å². The van der Waals surface area contributed by atoms with Gasteiger partial charge < -0.3 is 9.55 Å². The monoisotopic (exact) mass is 389 g/mol. The third kappa shape index (κ3) is 3.20. The minimum atomic E-state index is -0.0441. The average Bonchev–Trinajstić information content (AvgIpc) is 3.14. The Hall–Kier alpha value is -1.67. The molecule has 0 atom stereocenters. The number of rotatable bonds is 4. The van der Waals surface area contributed by atoms with E-state index in [9.17, 15) is 4.79 Å². The van der Waals surface area contributed by atoms with E-state index in [0.29, 0.717) is 17.6 Å². The van der Waals surface area contributed by atoms with Crippen LogP contribution in [-0.4, -0.2) is 24.7 Å². The zero-order valence-corrected chi connectivity index (χ0v) is 17.0. The first kappa shape index (κ1) is 17.7. The summed E-state index contributed by atoms with van der Waals surface area (Å²) in [5.74, 6) is 2.26. The second-order valence-electron chi connectivity index (χ2n) is 6.96. The summed E-state index contributed by atoms with van der Waals surface area (Å²) in [5.41, 5.74) is 0.989. The van der Waals surface area contributed by atoms with Crippen molar-refractivity contribution in [2.45, 2.75) is 69.8 Å². The Bertz CT molecular complexity index is 997. The Morgan fingerprint density at radius 2 is 1.96 bits per heavy atom.